The Hall–Kier alpha value is -0.360. The number of hydrogen-bond donors (Lipinski definition) is 2. The molecule has 6 heteroatoms. The van der Waals surface area contributed by atoms with Gasteiger partial charge < -0.3 is 9.47 Å². The Bertz CT molecular complexity index is 177. The minimum absolute atomic E-state index is 0.272. The van der Waals surface area contributed by atoms with Gasteiger partial charge in [-0.25, -0.2) is 0 Å². The summed E-state index contributed by atoms with van der Waals surface area (Å²) in [6.45, 7) is 0.557. The molecule has 0 aliphatic heterocycles. The first-order valence-corrected chi connectivity index (χ1v) is 6.00. The van der Waals surface area contributed by atoms with E-state index in [0.717, 1.165) is 0 Å². The van der Waals surface area contributed by atoms with E-state index in [-0.39, 0.29) is 25.2 Å². The van der Waals surface area contributed by atoms with Crippen LogP contribution in [0.1, 0.15) is 19.3 Å². The van der Waals surface area contributed by atoms with E-state index in [1.807, 2.05) is 0 Å². The molecule has 0 aromatic heterocycles. The largest absolute Gasteiger partial charge is 0.466 e. The molecule has 0 unspecified atom stereocenters. The van der Waals surface area contributed by atoms with Crippen molar-refractivity contribution in [1.82, 2.24) is 0 Å². The van der Waals surface area contributed by atoms with E-state index in [4.69, 9.17) is 9.47 Å². The van der Waals surface area contributed by atoms with Crippen LogP contribution in [0.3, 0.4) is 0 Å². The molecule has 88 valence electrons. The van der Waals surface area contributed by atoms with Crippen molar-refractivity contribution in [3.05, 3.63) is 0 Å². The molecule has 0 aliphatic carbocycles. The first-order chi connectivity index (χ1) is 7.20. The molecule has 0 fully saturated rings. The van der Waals surface area contributed by atoms with Crippen LogP contribution in [0, 0.1) is 0 Å². The summed E-state index contributed by atoms with van der Waals surface area (Å²) in [6, 6.07) is 0. The second kappa shape index (κ2) is 10.2. The van der Waals surface area contributed by atoms with Gasteiger partial charge in [0.25, 0.3) is 0 Å². The molecule has 0 heterocycles. The lowest BCUT2D eigenvalue weighted by atomic mass is 10.4. The Morgan fingerprint density at radius 2 is 1.27 bits per heavy atom. The topological polar surface area (TPSA) is 52.6 Å². The van der Waals surface area contributed by atoms with Crippen LogP contribution >= 0.6 is 25.3 Å². The van der Waals surface area contributed by atoms with Gasteiger partial charge in [-0.3, -0.25) is 9.59 Å². The molecule has 15 heavy (non-hydrogen) atoms. The monoisotopic (exact) mass is 252 g/mol. The molecule has 0 N–H and O–H groups in total. The highest BCUT2D eigenvalue weighted by Crippen LogP contribution is 1.94. The maximum Gasteiger partial charge on any atom is 0.306 e. The lowest BCUT2D eigenvalue weighted by molar-refractivity contribution is -0.145. The maximum absolute atomic E-state index is 10.9. The predicted molar refractivity (Wildman–Crippen MR) is 63.5 cm³/mol. The van der Waals surface area contributed by atoms with Crippen LogP contribution in [0.15, 0.2) is 0 Å². The summed E-state index contributed by atoms with van der Waals surface area (Å²) >= 11 is 7.79. The number of ether oxygens (including phenoxy) is 2. The quantitative estimate of drug-likeness (QED) is 0.386. The van der Waals surface area contributed by atoms with Crippen LogP contribution < -0.4 is 0 Å². The highest BCUT2D eigenvalue weighted by molar-refractivity contribution is 7.80. The first kappa shape index (κ1) is 14.6. The fourth-order valence-electron chi connectivity index (χ4n) is 0.758. The average Bonchev–Trinajstić information content (AvgIpc) is 2.18. The standard InChI is InChI=1S/C9H16O4S2/c10-8(2-6-14)12-4-1-5-13-9(11)3-7-15/h14-15H,1-7H2. The number of rotatable bonds is 8. The zero-order valence-electron chi connectivity index (χ0n) is 8.48. The highest BCUT2D eigenvalue weighted by Gasteiger charge is 2.02. The van der Waals surface area contributed by atoms with Crippen LogP contribution in [0.5, 0.6) is 0 Å². The van der Waals surface area contributed by atoms with Crippen LogP contribution in [0.25, 0.3) is 0 Å². The van der Waals surface area contributed by atoms with Crippen molar-refractivity contribution in [2.45, 2.75) is 19.3 Å². The molecule has 0 saturated carbocycles. The van der Waals surface area contributed by atoms with E-state index in [1.54, 1.807) is 0 Å². The number of carbonyl (C=O) groups excluding carboxylic acids is 2. The van der Waals surface area contributed by atoms with Gasteiger partial charge in [-0.15, -0.1) is 0 Å². The zero-order chi connectivity index (χ0) is 11.5. The average molecular weight is 252 g/mol. The Morgan fingerprint density at radius 1 is 0.867 bits per heavy atom. The molecule has 0 saturated heterocycles. The van der Waals surface area contributed by atoms with Crippen molar-refractivity contribution in [3.63, 3.8) is 0 Å². The first-order valence-electron chi connectivity index (χ1n) is 4.73. The van der Waals surface area contributed by atoms with Gasteiger partial charge in [-0.05, 0) is 0 Å². The molecule has 0 radical (unpaired) electrons. The van der Waals surface area contributed by atoms with Crippen LogP contribution in [-0.2, 0) is 19.1 Å². The van der Waals surface area contributed by atoms with Crippen molar-refractivity contribution < 1.29 is 19.1 Å². The molecule has 0 rings (SSSR count). The number of thiol groups is 2. The summed E-state index contributed by atoms with van der Waals surface area (Å²) in [6.07, 6.45) is 1.14. The van der Waals surface area contributed by atoms with Crippen molar-refractivity contribution in [1.29, 1.82) is 0 Å². The van der Waals surface area contributed by atoms with E-state index in [0.29, 0.717) is 30.8 Å². The van der Waals surface area contributed by atoms with Crippen molar-refractivity contribution in [2.75, 3.05) is 24.7 Å². The van der Waals surface area contributed by atoms with E-state index in [2.05, 4.69) is 25.3 Å². The molecule has 0 bridgehead atoms. The summed E-state index contributed by atoms with van der Waals surface area (Å²) in [5.74, 6) is 0.421. The van der Waals surface area contributed by atoms with Gasteiger partial charge in [0.1, 0.15) is 0 Å². The normalized spacial score (nSPS) is 9.73. The summed E-state index contributed by atoms with van der Waals surface area (Å²) in [5, 5.41) is 0. The molecule has 0 aliphatic rings. The molecule has 0 aromatic rings. The third kappa shape index (κ3) is 9.93. The minimum Gasteiger partial charge on any atom is -0.466 e. The summed E-state index contributed by atoms with van der Waals surface area (Å²) in [5.41, 5.74) is 0. The van der Waals surface area contributed by atoms with Crippen LogP contribution in [0.4, 0.5) is 0 Å². The van der Waals surface area contributed by atoms with Crippen LogP contribution in [0.2, 0.25) is 0 Å². The molecule has 0 amide bonds. The maximum atomic E-state index is 10.9. The molecule has 0 aromatic carbocycles. The summed E-state index contributed by atoms with van der Waals surface area (Å²) < 4.78 is 9.66. The van der Waals surface area contributed by atoms with Crippen molar-refractivity contribution >= 4 is 37.2 Å². The van der Waals surface area contributed by atoms with E-state index in [9.17, 15) is 9.59 Å². The fraction of sp³-hybridized carbons (Fsp3) is 0.778. The van der Waals surface area contributed by atoms with Gasteiger partial charge in [0.2, 0.25) is 0 Å². The van der Waals surface area contributed by atoms with Gasteiger partial charge in [-0.1, -0.05) is 0 Å². The van der Waals surface area contributed by atoms with Crippen molar-refractivity contribution in [2.24, 2.45) is 0 Å². The molecular formula is C9H16O4S2. The second-order valence-electron chi connectivity index (χ2n) is 2.74. The third-order valence-electron chi connectivity index (χ3n) is 1.45. The zero-order valence-corrected chi connectivity index (χ0v) is 10.3. The van der Waals surface area contributed by atoms with E-state index < -0.39 is 0 Å². The number of carbonyl (C=O) groups is 2. The predicted octanol–water partition coefficient (Wildman–Crippen LogP) is 1.10. The Labute approximate surface area is 101 Å². The van der Waals surface area contributed by atoms with Gasteiger partial charge in [0.05, 0.1) is 26.1 Å². The van der Waals surface area contributed by atoms with Gasteiger partial charge >= 0.3 is 11.9 Å². The molecule has 4 nitrogen and oxygen atoms in total. The van der Waals surface area contributed by atoms with E-state index >= 15 is 0 Å². The third-order valence-corrected chi connectivity index (χ3v) is 1.89. The highest BCUT2D eigenvalue weighted by atomic mass is 32.1. The summed E-state index contributed by atoms with van der Waals surface area (Å²) in [4.78, 5) is 21.7. The number of esters is 2. The minimum atomic E-state index is -0.272. The van der Waals surface area contributed by atoms with Gasteiger partial charge in [-0.2, -0.15) is 25.3 Å². The lowest BCUT2D eigenvalue weighted by Gasteiger charge is -2.04. The van der Waals surface area contributed by atoms with Crippen LogP contribution in [-0.4, -0.2) is 36.7 Å². The summed E-state index contributed by atoms with van der Waals surface area (Å²) in [7, 11) is 0. The molecular weight excluding hydrogens is 236 g/mol. The lowest BCUT2D eigenvalue weighted by Crippen LogP contribution is -2.11. The molecule has 0 spiro atoms. The SMILES string of the molecule is O=C(CCS)OCCCOC(=O)CCS. The number of hydrogen-bond acceptors (Lipinski definition) is 6. The fourth-order valence-corrected chi connectivity index (χ4v) is 1.12. The van der Waals surface area contributed by atoms with Gasteiger partial charge in [0, 0.05) is 17.9 Å². The molecule has 0 atom stereocenters. The van der Waals surface area contributed by atoms with E-state index in [1.165, 1.54) is 0 Å². The second-order valence-corrected chi connectivity index (χ2v) is 3.64. The Balaban J connectivity index is 3.24. The van der Waals surface area contributed by atoms with Gasteiger partial charge in [0.15, 0.2) is 0 Å². The van der Waals surface area contributed by atoms with Crippen molar-refractivity contribution in [3.8, 4) is 0 Å². The Kier molecular flexibility index (Phi) is 9.92. The smallest absolute Gasteiger partial charge is 0.306 e. The Morgan fingerprint density at radius 3 is 1.60 bits per heavy atom.